The average Bonchev–Trinajstić information content (AvgIpc) is 2.99. The number of fused-ring (bicyclic) bond motifs is 3. The topological polar surface area (TPSA) is 31.7 Å². The zero-order valence-corrected chi connectivity index (χ0v) is 15.3. The molecule has 0 unspecified atom stereocenters. The molecule has 0 spiro atoms. The number of rotatable bonds is 3. The van der Waals surface area contributed by atoms with Gasteiger partial charge in [0.25, 0.3) is 5.56 Å². The molecule has 3 aliphatic heterocycles. The van der Waals surface area contributed by atoms with E-state index in [9.17, 15) is 4.79 Å². The predicted octanol–water partition coefficient (Wildman–Crippen LogP) is 1.98. The fourth-order valence-corrected chi connectivity index (χ4v) is 5.07. The lowest BCUT2D eigenvalue weighted by Gasteiger charge is -2.41. The van der Waals surface area contributed by atoms with Crippen molar-refractivity contribution in [2.75, 3.05) is 49.6 Å². The minimum Gasteiger partial charge on any atom is -0.371 e. The van der Waals surface area contributed by atoms with Gasteiger partial charge in [0.1, 0.15) is 0 Å². The summed E-state index contributed by atoms with van der Waals surface area (Å²) in [7, 11) is 2.21. The number of anilines is 2. The number of likely N-dealkylation sites (N-methyl/N-ethyl adjacent to an activating group) is 1. The van der Waals surface area contributed by atoms with Gasteiger partial charge in [-0.2, -0.15) is 0 Å². The average molecular weight is 350 g/mol. The summed E-state index contributed by atoms with van der Waals surface area (Å²) < 4.78 is 1.82. The molecule has 4 heterocycles. The van der Waals surface area contributed by atoms with Crippen molar-refractivity contribution in [2.45, 2.75) is 24.9 Å². The molecule has 0 amide bonds. The molecule has 2 aromatic rings. The number of pyridine rings is 1. The summed E-state index contributed by atoms with van der Waals surface area (Å²) in [5.41, 5.74) is 4.50. The van der Waals surface area contributed by atoms with Crippen LogP contribution in [0.25, 0.3) is 0 Å². The van der Waals surface area contributed by atoms with E-state index in [0.717, 1.165) is 39.3 Å². The SMILES string of the molecule is CN1CCN2c3c(cccc31)[C@@H]1CN(CCn3ccccc3=O)CC[C@@H]12. The van der Waals surface area contributed by atoms with Crippen LogP contribution in [0.5, 0.6) is 0 Å². The van der Waals surface area contributed by atoms with Crippen molar-refractivity contribution in [1.29, 1.82) is 0 Å². The first-order valence-corrected chi connectivity index (χ1v) is 9.71. The number of benzene rings is 1. The van der Waals surface area contributed by atoms with E-state index >= 15 is 0 Å². The van der Waals surface area contributed by atoms with E-state index in [2.05, 4.69) is 39.9 Å². The van der Waals surface area contributed by atoms with Crippen LogP contribution < -0.4 is 15.4 Å². The van der Waals surface area contributed by atoms with E-state index in [0.29, 0.717) is 12.0 Å². The van der Waals surface area contributed by atoms with Crippen LogP contribution in [-0.4, -0.2) is 55.3 Å². The Morgan fingerprint density at radius 3 is 2.85 bits per heavy atom. The van der Waals surface area contributed by atoms with Gasteiger partial charge in [0.15, 0.2) is 0 Å². The molecular formula is C21H26N4O. The van der Waals surface area contributed by atoms with Gasteiger partial charge in [0.2, 0.25) is 0 Å². The number of aromatic nitrogens is 1. The Balaban J connectivity index is 1.36. The fourth-order valence-electron chi connectivity index (χ4n) is 5.07. The van der Waals surface area contributed by atoms with Crippen LogP contribution in [0.1, 0.15) is 17.9 Å². The van der Waals surface area contributed by atoms with Crippen molar-refractivity contribution in [3.8, 4) is 0 Å². The molecule has 0 radical (unpaired) electrons. The van der Waals surface area contributed by atoms with Crippen LogP contribution in [0.4, 0.5) is 11.4 Å². The quantitative estimate of drug-likeness (QED) is 0.847. The second-order valence-corrected chi connectivity index (χ2v) is 7.83. The molecule has 3 aliphatic rings. The van der Waals surface area contributed by atoms with Crippen LogP contribution in [-0.2, 0) is 6.54 Å². The van der Waals surface area contributed by atoms with Gasteiger partial charge in [-0.15, -0.1) is 0 Å². The monoisotopic (exact) mass is 350 g/mol. The van der Waals surface area contributed by atoms with Crippen molar-refractivity contribution in [1.82, 2.24) is 9.47 Å². The number of nitrogens with zero attached hydrogens (tertiary/aromatic N) is 4. The maximum Gasteiger partial charge on any atom is 0.250 e. The number of piperidine rings is 1. The van der Waals surface area contributed by atoms with E-state index in [1.807, 2.05) is 22.9 Å². The van der Waals surface area contributed by atoms with Gasteiger partial charge in [-0.25, -0.2) is 0 Å². The third-order valence-corrected chi connectivity index (χ3v) is 6.44. The molecule has 26 heavy (non-hydrogen) atoms. The molecule has 0 saturated carbocycles. The lowest BCUT2D eigenvalue weighted by molar-refractivity contribution is 0.187. The van der Waals surface area contributed by atoms with Gasteiger partial charge >= 0.3 is 0 Å². The summed E-state index contributed by atoms with van der Waals surface area (Å²) in [5, 5.41) is 0. The largest absolute Gasteiger partial charge is 0.371 e. The molecule has 5 heteroatoms. The Morgan fingerprint density at radius 2 is 1.96 bits per heavy atom. The molecule has 5 rings (SSSR count). The minimum absolute atomic E-state index is 0.0957. The summed E-state index contributed by atoms with van der Waals surface area (Å²) >= 11 is 0. The minimum atomic E-state index is 0.0957. The van der Waals surface area contributed by atoms with Gasteiger partial charge in [-0.3, -0.25) is 4.79 Å². The second kappa shape index (κ2) is 6.16. The zero-order chi connectivity index (χ0) is 17.7. The molecule has 2 atom stereocenters. The van der Waals surface area contributed by atoms with Gasteiger partial charge < -0.3 is 19.3 Å². The van der Waals surface area contributed by atoms with Crippen LogP contribution in [0.2, 0.25) is 0 Å². The summed E-state index contributed by atoms with van der Waals surface area (Å²) in [4.78, 5) is 19.5. The molecule has 1 saturated heterocycles. The Morgan fingerprint density at radius 1 is 1.04 bits per heavy atom. The summed E-state index contributed by atoms with van der Waals surface area (Å²) in [6.45, 7) is 6.20. The Labute approximate surface area is 154 Å². The Bertz CT molecular complexity index is 876. The molecule has 1 aromatic heterocycles. The van der Waals surface area contributed by atoms with E-state index in [-0.39, 0.29) is 5.56 Å². The summed E-state index contributed by atoms with van der Waals surface area (Å²) in [6.07, 6.45) is 3.11. The van der Waals surface area contributed by atoms with E-state index in [4.69, 9.17) is 0 Å². The van der Waals surface area contributed by atoms with Crippen molar-refractivity contribution in [2.24, 2.45) is 0 Å². The standard InChI is InChI=1S/C21H26N4O/c1-22-11-14-25-18-8-10-23(12-13-24-9-3-2-7-20(24)26)15-17(18)16-5-4-6-19(22)21(16)25/h2-7,9,17-18H,8,10-15H2,1H3/t17-,18-/m0/s1. The van der Waals surface area contributed by atoms with Crippen molar-refractivity contribution in [3.05, 3.63) is 58.5 Å². The summed E-state index contributed by atoms with van der Waals surface area (Å²) in [5.74, 6) is 0.595. The van der Waals surface area contributed by atoms with E-state index < -0.39 is 0 Å². The lowest BCUT2D eigenvalue weighted by atomic mass is 9.89. The molecule has 136 valence electrons. The highest BCUT2D eigenvalue weighted by Gasteiger charge is 2.44. The Kier molecular flexibility index (Phi) is 3.78. The highest BCUT2D eigenvalue weighted by Crippen LogP contribution is 2.50. The highest BCUT2D eigenvalue weighted by atomic mass is 16.1. The highest BCUT2D eigenvalue weighted by molar-refractivity contribution is 5.80. The summed E-state index contributed by atoms with van der Waals surface area (Å²) in [6, 6.07) is 12.9. The maximum absolute atomic E-state index is 11.9. The number of hydrogen-bond donors (Lipinski definition) is 0. The lowest BCUT2D eigenvalue weighted by Crippen LogP contribution is -2.49. The van der Waals surface area contributed by atoms with Crippen molar-refractivity contribution < 1.29 is 0 Å². The fraction of sp³-hybridized carbons (Fsp3) is 0.476. The molecule has 0 aliphatic carbocycles. The third kappa shape index (κ3) is 2.45. The third-order valence-electron chi connectivity index (χ3n) is 6.44. The Hall–Kier alpha value is -2.27. The second-order valence-electron chi connectivity index (χ2n) is 7.83. The number of likely N-dealkylation sites (tertiary alicyclic amines) is 1. The van der Waals surface area contributed by atoms with E-state index in [1.165, 1.54) is 23.4 Å². The van der Waals surface area contributed by atoms with Gasteiger partial charge in [0, 0.05) is 70.5 Å². The molecular weight excluding hydrogens is 324 g/mol. The predicted molar refractivity (Wildman–Crippen MR) is 105 cm³/mol. The van der Waals surface area contributed by atoms with Crippen LogP contribution in [0.3, 0.4) is 0 Å². The molecule has 1 fully saturated rings. The molecule has 0 bridgehead atoms. The molecule has 1 aromatic carbocycles. The molecule has 5 nitrogen and oxygen atoms in total. The van der Waals surface area contributed by atoms with E-state index in [1.54, 1.807) is 6.07 Å². The van der Waals surface area contributed by atoms with Crippen molar-refractivity contribution in [3.63, 3.8) is 0 Å². The zero-order valence-electron chi connectivity index (χ0n) is 15.3. The molecule has 0 N–H and O–H groups in total. The van der Waals surface area contributed by atoms with Gasteiger partial charge in [-0.1, -0.05) is 18.2 Å². The van der Waals surface area contributed by atoms with Gasteiger partial charge in [-0.05, 0) is 24.1 Å². The normalized spacial score (nSPS) is 24.5. The van der Waals surface area contributed by atoms with Crippen molar-refractivity contribution >= 4 is 11.4 Å². The van der Waals surface area contributed by atoms with Crippen LogP contribution in [0, 0.1) is 0 Å². The smallest absolute Gasteiger partial charge is 0.250 e. The number of hydrogen-bond acceptors (Lipinski definition) is 4. The maximum atomic E-state index is 11.9. The first kappa shape index (κ1) is 15.9. The van der Waals surface area contributed by atoms with Gasteiger partial charge in [0.05, 0.1) is 11.4 Å². The van der Waals surface area contributed by atoms with Crippen LogP contribution in [0.15, 0.2) is 47.4 Å². The first-order valence-electron chi connectivity index (χ1n) is 9.71. The van der Waals surface area contributed by atoms with Crippen LogP contribution >= 0.6 is 0 Å². The number of para-hydroxylation sites is 1. The first-order chi connectivity index (χ1) is 12.7.